The SMILES string of the molecule is N#CCCc1nc2ncccc2o1. The first kappa shape index (κ1) is 7.74. The van der Waals surface area contributed by atoms with E-state index in [1.165, 1.54) is 0 Å². The standard InChI is InChI=1S/C9H7N3O/c10-5-1-4-8-12-9-7(13-8)3-2-6-11-9/h2-3,6H,1,4H2. The van der Waals surface area contributed by atoms with Crippen LogP contribution < -0.4 is 0 Å². The topological polar surface area (TPSA) is 62.7 Å². The van der Waals surface area contributed by atoms with Crippen LogP contribution in [0.25, 0.3) is 11.2 Å². The van der Waals surface area contributed by atoms with Gasteiger partial charge in [0.25, 0.3) is 0 Å². The van der Waals surface area contributed by atoms with Crippen LogP contribution in [-0.4, -0.2) is 9.97 Å². The molecule has 2 aromatic rings. The summed E-state index contributed by atoms with van der Waals surface area (Å²) in [5, 5.41) is 8.37. The van der Waals surface area contributed by atoms with E-state index >= 15 is 0 Å². The van der Waals surface area contributed by atoms with Gasteiger partial charge in [0.15, 0.2) is 17.1 Å². The maximum atomic E-state index is 8.37. The highest BCUT2D eigenvalue weighted by molar-refractivity contribution is 5.66. The fraction of sp³-hybridized carbons (Fsp3) is 0.222. The van der Waals surface area contributed by atoms with Crippen molar-refractivity contribution < 1.29 is 4.42 Å². The first-order valence-electron chi connectivity index (χ1n) is 3.97. The van der Waals surface area contributed by atoms with Crippen LogP contribution >= 0.6 is 0 Å². The number of fused-ring (bicyclic) bond motifs is 1. The number of nitriles is 1. The Hall–Kier alpha value is -1.89. The maximum Gasteiger partial charge on any atom is 0.198 e. The Labute approximate surface area is 74.8 Å². The highest BCUT2D eigenvalue weighted by Gasteiger charge is 2.04. The van der Waals surface area contributed by atoms with Gasteiger partial charge in [0, 0.05) is 19.0 Å². The summed E-state index contributed by atoms with van der Waals surface area (Å²) in [6.07, 6.45) is 2.64. The summed E-state index contributed by atoms with van der Waals surface area (Å²) in [7, 11) is 0. The van der Waals surface area contributed by atoms with Gasteiger partial charge >= 0.3 is 0 Å². The molecule has 0 unspecified atom stereocenters. The van der Waals surface area contributed by atoms with E-state index in [9.17, 15) is 0 Å². The number of aryl methyl sites for hydroxylation is 1. The lowest BCUT2D eigenvalue weighted by atomic mass is 10.3. The van der Waals surface area contributed by atoms with Crippen molar-refractivity contribution in [2.45, 2.75) is 12.8 Å². The Bertz CT molecular complexity index is 422. The molecule has 2 aromatic heterocycles. The number of hydrogen-bond donors (Lipinski definition) is 0. The third kappa shape index (κ3) is 1.49. The molecule has 0 atom stereocenters. The molecule has 0 bridgehead atoms. The lowest BCUT2D eigenvalue weighted by Crippen LogP contribution is -1.82. The molecule has 64 valence electrons. The number of aromatic nitrogens is 2. The van der Waals surface area contributed by atoms with E-state index in [4.69, 9.17) is 9.68 Å². The van der Waals surface area contributed by atoms with E-state index < -0.39 is 0 Å². The van der Waals surface area contributed by atoms with Gasteiger partial charge in [-0.05, 0) is 12.1 Å². The minimum Gasteiger partial charge on any atom is -0.439 e. The second kappa shape index (κ2) is 3.23. The first-order valence-corrected chi connectivity index (χ1v) is 3.97. The van der Waals surface area contributed by atoms with Crippen molar-refractivity contribution in [3.8, 4) is 6.07 Å². The Morgan fingerprint density at radius 3 is 3.23 bits per heavy atom. The second-order valence-electron chi connectivity index (χ2n) is 2.59. The molecule has 13 heavy (non-hydrogen) atoms. The van der Waals surface area contributed by atoms with Crippen LogP contribution in [0.5, 0.6) is 0 Å². The second-order valence-corrected chi connectivity index (χ2v) is 2.59. The molecule has 4 nitrogen and oxygen atoms in total. The van der Waals surface area contributed by atoms with E-state index in [2.05, 4.69) is 9.97 Å². The quantitative estimate of drug-likeness (QED) is 0.693. The van der Waals surface area contributed by atoms with Gasteiger partial charge in [0.05, 0.1) is 6.07 Å². The van der Waals surface area contributed by atoms with Crippen LogP contribution in [0.2, 0.25) is 0 Å². The van der Waals surface area contributed by atoms with E-state index in [1.807, 2.05) is 12.1 Å². The summed E-state index contributed by atoms with van der Waals surface area (Å²) in [5.41, 5.74) is 1.28. The molecule has 0 fully saturated rings. The number of nitrogens with zero attached hydrogens (tertiary/aromatic N) is 3. The number of pyridine rings is 1. The van der Waals surface area contributed by atoms with Gasteiger partial charge in [-0.2, -0.15) is 10.2 Å². The normalized spacial score (nSPS) is 10.1. The van der Waals surface area contributed by atoms with Gasteiger partial charge in [0.2, 0.25) is 0 Å². The fourth-order valence-electron chi connectivity index (χ4n) is 1.08. The van der Waals surface area contributed by atoms with Crippen LogP contribution in [0.15, 0.2) is 22.7 Å². The van der Waals surface area contributed by atoms with Gasteiger partial charge < -0.3 is 4.42 Å². The van der Waals surface area contributed by atoms with Crippen LogP contribution in [0.4, 0.5) is 0 Å². The average Bonchev–Trinajstić information content (AvgIpc) is 2.57. The zero-order chi connectivity index (χ0) is 9.10. The van der Waals surface area contributed by atoms with E-state index in [0.29, 0.717) is 30.0 Å². The van der Waals surface area contributed by atoms with E-state index in [1.54, 1.807) is 12.3 Å². The summed E-state index contributed by atoms with van der Waals surface area (Å²) in [4.78, 5) is 8.14. The first-order chi connectivity index (χ1) is 6.40. The van der Waals surface area contributed by atoms with Crippen molar-refractivity contribution in [2.75, 3.05) is 0 Å². The molecule has 2 rings (SSSR count). The van der Waals surface area contributed by atoms with E-state index in [-0.39, 0.29) is 0 Å². The molecule has 0 saturated heterocycles. The van der Waals surface area contributed by atoms with Crippen molar-refractivity contribution in [3.63, 3.8) is 0 Å². The monoisotopic (exact) mass is 173 g/mol. The number of hydrogen-bond acceptors (Lipinski definition) is 4. The highest BCUT2D eigenvalue weighted by Crippen LogP contribution is 2.12. The molecule has 2 heterocycles. The Morgan fingerprint density at radius 2 is 2.46 bits per heavy atom. The molecule has 4 heteroatoms. The smallest absolute Gasteiger partial charge is 0.198 e. The maximum absolute atomic E-state index is 8.37. The molecule has 0 aliphatic carbocycles. The lowest BCUT2D eigenvalue weighted by molar-refractivity contribution is 0.531. The average molecular weight is 173 g/mol. The molecular weight excluding hydrogens is 166 g/mol. The summed E-state index contributed by atoms with van der Waals surface area (Å²) in [5.74, 6) is 0.579. The zero-order valence-corrected chi connectivity index (χ0v) is 6.90. The molecule has 0 radical (unpaired) electrons. The largest absolute Gasteiger partial charge is 0.439 e. The van der Waals surface area contributed by atoms with Crippen molar-refractivity contribution in [3.05, 3.63) is 24.2 Å². The predicted molar refractivity (Wildman–Crippen MR) is 45.7 cm³/mol. The fourth-order valence-corrected chi connectivity index (χ4v) is 1.08. The Kier molecular flexibility index (Phi) is 1.93. The van der Waals surface area contributed by atoms with Crippen LogP contribution in [-0.2, 0) is 6.42 Å². The molecule has 0 aromatic carbocycles. The van der Waals surface area contributed by atoms with Gasteiger partial charge in [-0.15, -0.1) is 0 Å². The number of rotatable bonds is 2. The third-order valence-corrected chi connectivity index (χ3v) is 1.66. The molecule has 0 spiro atoms. The van der Waals surface area contributed by atoms with Crippen molar-refractivity contribution in [1.82, 2.24) is 9.97 Å². The van der Waals surface area contributed by atoms with Gasteiger partial charge in [-0.25, -0.2) is 4.98 Å². The van der Waals surface area contributed by atoms with Crippen LogP contribution in [0.1, 0.15) is 12.3 Å². The Morgan fingerprint density at radius 1 is 1.54 bits per heavy atom. The van der Waals surface area contributed by atoms with Crippen molar-refractivity contribution >= 4 is 11.2 Å². The minimum atomic E-state index is 0.423. The van der Waals surface area contributed by atoms with Gasteiger partial charge in [0.1, 0.15) is 0 Å². The molecule has 0 N–H and O–H groups in total. The summed E-state index contributed by atoms with van der Waals surface area (Å²) >= 11 is 0. The molecule has 0 saturated carbocycles. The van der Waals surface area contributed by atoms with Crippen molar-refractivity contribution in [1.29, 1.82) is 5.26 Å². The lowest BCUT2D eigenvalue weighted by Gasteiger charge is -1.83. The summed E-state index contributed by atoms with van der Waals surface area (Å²) in [6.45, 7) is 0. The molecule has 0 amide bonds. The molecule has 0 aliphatic heterocycles. The van der Waals surface area contributed by atoms with Gasteiger partial charge in [-0.3, -0.25) is 0 Å². The third-order valence-electron chi connectivity index (χ3n) is 1.66. The molecule has 0 aliphatic rings. The number of oxazole rings is 1. The van der Waals surface area contributed by atoms with Crippen LogP contribution in [0.3, 0.4) is 0 Å². The van der Waals surface area contributed by atoms with Crippen molar-refractivity contribution in [2.24, 2.45) is 0 Å². The van der Waals surface area contributed by atoms with Gasteiger partial charge in [-0.1, -0.05) is 0 Å². The molecular formula is C9H7N3O. The predicted octanol–water partition coefficient (Wildman–Crippen LogP) is 1.68. The highest BCUT2D eigenvalue weighted by atomic mass is 16.3. The summed E-state index contributed by atoms with van der Waals surface area (Å²) < 4.78 is 5.35. The van der Waals surface area contributed by atoms with Crippen LogP contribution in [0, 0.1) is 11.3 Å². The van der Waals surface area contributed by atoms with E-state index in [0.717, 1.165) is 0 Å². The minimum absolute atomic E-state index is 0.423. The Balaban J connectivity index is 2.34. The summed E-state index contributed by atoms with van der Waals surface area (Å²) in [6, 6.07) is 5.64. The zero-order valence-electron chi connectivity index (χ0n) is 6.90.